The summed E-state index contributed by atoms with van der Waals surface area (Å²) in [4.78, 5) is 7.62. The predicted molar refractivity (Wildman–Crippen MR) is 52.7 cm³/mol. The molecular weight excluding hydrogens is 164 g/mol. The molecule has 13 heavy (non-hydrogen) atoms. The van der Waals surface area contributed by atoms with Crippen LogP contribution in [-0.4, -0.2) is 36.9 Å². The predicted octanol–water partition coefficient (Wildman–Crippen LogP) is 1.27. The van der Waals surface area contributed by atoms with Crippen molar-refractivity contribution in [1.82, 2.24) is 4.90 Å². The van der Waals surface area contributed by atoms with Crippen molar-refractivity contribution >= 4 is 5.71 Å². The number of fused-ring (bicyclic) bond motifs is 2. The van der Waals surface area contributed by atoms with Gasteiger partial charge in [0.15, 0.2) is 0 Å². The molecule has 3 heteroatoms. The lowest BCUT2D eigenvalue weighted by molar-refractivity contribution is 0.172. The summed E-state index contributed by atoms with van der Waals surface area (Å²) in [5.74, 6) is 0.686. The summed E-state index contributed by atoms with van der Waals surface area (Å²) < 4.78 is 0. The number of hydrogen-bond acceptors (Lipinski definition) is 3. The number of hydrogen-bond donors (Lipinski definition) is 0. The third-order valence-electron chi connectivity index (χ3n) is 2.72. The summed E-state index contributed by atoms with van der Waals surface area (Å²) in [7, 11) is 0. The van der Waals surface area contributed by atoms with E-state index in [9.17, 15) is 0 Å². The van der Waals surface area contributed by atoms with E-state index in [0.29, 0.717) is 12.5 Å². The van der Waals surface area contributed by atoms with Crippen LogP contribution in [-0.2, 0) is 4.84 Å². The minimum Gasteiger partial charge on any atom is -0.392 e. The first-order valence-electron chi connectivity index (χ1n) is 4.92. The lowest BCUT2D eigenvalue weighted by Crippen LogP contribution is -2.23. The Labute approximate surface area is 79.0 Å². The van der Waals surface area contributed by atoms with E-state index >= 15 is 0 Å². The molecular formula is C10H16N2O. The van der Waals surface area contributed by atoms with Crippen LogP contribution >= 0.6 is 0 Å². The minimum atomic E-state index is 0.604. The Morgan fingerprint density at radius 1 is 1.69 bits per heavy atom. The van der Waals surface area contributed by atoms with Gasteiger partial charge in [-0.05, 0) is 26.0 Å². The molecule has 2 fully saturated rings. The van der Waals surface area contributed by atoms with E-state index in [-0.39, 0.29) is 0 Å². The molecule has 0 spiro atoms. The maximum absolute atomic E-state index is 5.19. The largest absolute Gasteiger partial charge is 0.392 e. The summed E-state index contributed by atoms with van der Waals surface area (Å²) in [6.07, 6.45) is 5.22. The quantitative estimate of drug-likeness (QED) is 0.371. The molecule has 2 bridgehead atoms. The Balaban J connectivity index is 1.81. The molecule has 2 saturated heterocycles. The van der Waals surface area contributed by atoms with Gasteiger partial charge >= 0.3 is 0 Å². The number of oxime groups is 1. The molecule has 0 amide bonds. The molecule has 2 atom stereocenters. The molecule has 2 rings (SSSR count). The molecule has 2 unspecified atom stereocenters. The van der Waals surface area contributed by atoms with Gasteiger partial charge in [0, 0.05) is 19.0 Å². The van der Waals surface area contributed by atoms with Crippen molar-refractivity contribution in [1.29, 1.82) is 0 Å². The van der Waals surface area contributed by atoms with Crippen LogP contribution < -0.4 is 0 Å². The smallest absolute Gasteiger partial charge is 0.135 e. The molecule has 2 aliphatic heterocycles. The van der Waals surface area contributed by atoms with E-state index in [4.69, 9.17) is 4.84 Å². The number of nitrogens with zero attached hydrogens (tertiary/aromatic N) is 2. The molecule has 3 nitrogen and oxygen atoms in total. The molecule has 0 saturated carbocycles. The topological polar surface area (TPSA) is 24.8 Å². The average molecular weight is 180 g/mol. The van der Waals surface area contributed by atoms with Crippen molar-refractivity contribution in [2.24, 2.45) is 11.1 Å². The molecule has 0 aromatic rings. The standard InChI is InChI=1S/C10H16N2O/c1-2-3-6-13-11-10-8-12-5-4-9(10)7-12/h2-3,9H,4-8H2,1H3/b3-2-,11-10?. The van der Waals surface area contributed by atoms with Crippen LogP contribution in [0.5, 0.6) is 0 Å². The zero-order chi connectivity index (χ0) is 9.10. The third kappa shape index (κ3) is 1.91. The van der Waals surface area contributed by atoms with E-state index in [1.165, 1.54) is 25.2 Å². The van der Waals surface area contributed by atoms with Gasteiger partial charge in [-0.1, -0.05) is 11.2 Å². The number of allylic oxidation sites excluding steroid dienone is 1. The van der Waals surface area contributed by atoms with Crippen molar-refractivity contribution in [3.05, 3.63) is 12.2 Å². The van der Waals surface area contributed by atoms with Crippen LogP contribution in [0.2, 0.25) is 0 Å². The Morgan fingerprint density at radius 3 is 3.23 bits per heavy atom. The first kappa shape index (κ1) is 8.75. The zero-order valence-electron chi connectivity index (χ0n) is 8.07. The van der Waals surface area contributed by atoms with Crippen molar-refractivity contribution in [2.45, 2.75) is 13.3 Å². The monoisotopic (exact) mass is 180 g/mol. The summed E-state index contributed by atoms with van der Waals surface area (Å²) in [5.41, 5.74) is 1.25. The van der Waals surface area contributed by atoms with Gasteiger partial charge in [-0.2, -0.15) is 0 Å². The van der Waals surface area contributed by atoms with E-state index in [1.54, 1.807) is 0 Å². The Morgan fingerprint density at radius 2 is 2.62 bits per heavy atom. The second-order valence-electron chi connectivity index (χ2n) is 3.67. The highest BCUT2D eigenvalue weighted by Gasteiger charge is 2.35. The van der Waals surface area contributed by atoms with Crippen LogP contribution in [0.25, 0.3) is 0 Å². The fourth-order valence-electron chi connectivity index (χ4n) is 1.97. The highest BCUT2D eigenvalue weighted by Crippen LogP contribution is 2.25. The second kappa shape index (κ2) is 3.92. The normalized spacial score (nSPS) is 35.0. The van der Waals surface area contributed by atoms with Crippen molar-refractivity contribution in [3.63, 3.8) is 0 Å². The molecule has 2 aliphatic rings. The van der Waals surface area contributed by atoms with E-state index in [2.05, 4.69) is 10.1 Å². The number of rotatable bonds is 3. The van der Waals surface area contributed by atoms with Gasteiger partial charge in [0.25, 0.3) is 0 Å². The van der Waals surface area contributed by atoms with Gasteiger partial charge in [0.1, 0.15) is 6.61 Å². The zero-order valence-corrected chi connectivity index (χ0v) is 8.07. The molecule has 0 aromatic heterocycles. The SMILES string of the molecule is C/C=C\CON=C1CN2CCC1C2. The van der Waals surface area contributed by atoms with Gasteiger partial charge in [0.05, 0.1) is 5.71 Å². The van der Waals surface area contributed by atoms with Gasteiger partial charge in [-0.25, -0.2) is 0 Å². The van der Waals surface area contributed by atoms with Gasteiger partial charge in [0.2, 0.25) is 0 Å². The van der Waals surface area contributed by atoms with Crippen LogP contribution in [0.3, 0.4) is 0 Å². The summed E-state index contributed by atoms with van der Waals surface area (Å²) in [6.45, 7) is 6.07. The number of piperidine rings is 1. The second-order valence-corrected chi connectivity index (χ2v) is 3.67. The van der Waals surface area contributed by atoms with Crippen molar-refractivity contribution < 1.29 is 4.84 Å². The molecule has 0 radical (unpaired) electrons. The van der Waals surface area contributed by atoms with E-state index < -0.39 is 0 Å². The van der Waals surface area contributed by atoms with E-state index in [0.717, 1.165) is 6.54 Å². The Kier molecular flexibility index (Phi) is 2.64. The first-order chi connectivity index (χ1) is 6.40. The Bertz CT molecular complexity index is 235. The highest BCUT2D eigenvalue weighted by molar-refractivity contribution is 5.91. The lowest BCUT2D eigenvalue weighted by Gasteiger charge is -2.12. The minimum absolute atomic E-state index is 0.604. The van der Waals surface area contributed by atoms with Crippen LogP contribution in [0.4, 0.5) is 0 Å². The summed E-state index contributed by atoms with van der Waals surface area (Å²) >= 11 is 0. The summed E-state index contributed by atoms with van der Waals surface area (Å²) in [5, 5.41) is 4.17. The third-order valence-corrected chi connectivity index (χ3v) is 2.72. The fourth-order valence-corrected chi connectivity index (χ4v) is 1.97. The Hall–Kier alpha value is -0.830. The average Bonchev–Trinajstić information content (AvgIpc) is 2.73. The molecule has 0 aromatic carbocycles. The maximum atomic E-state index is 5.19. The molecule has 0 aliphatic carbocycles. The van der Waals surface area contributed by atoms with Crippen molar-refractivity contribution in [2.75, 3.05) is 26.2 Å². The van der Waals surface area contributed by atoms with E-state index in [1.807, 2.05) is 19.1 Å². The van der Waals surface area contributed by atoms with Crippen LogP contribution in [0, 0.1) is 5.92 Å². The molecule has 2 heterocycles. The van der Waals surface area contributed by atoms with Gasteiger partial charge in [-0.15, -0.1) is 0 Å². The first-order valence-corrected chi connectivity index (χ1v) is 4.92. The summed E-state index contributed by atoms with van der Waals surface area (Å²) in [6, 6.07) is 0. The van der Waals surface area contributed by atoms with Gasteiger partial charge in [-0.3, -0.25) is 4.90 Å². The molecule has 0 N–H and O–H groups in total. The maximum Gasteiger partial charge on any atom is 0.135 e. The van der Waals surface area contributed by atoms with Crippen LogP contribution in [0.15, 0.2) is 17.3 Å². The van der Waals surface area contributed by atoms with Crippen LogP contribution in [0.1, 0.15) is 13.3 Å². The van der Waals surface area contributed by atoms with Gasteiger partial charge < -0.3 is 4.84 Å². The lowest BCUT2D eigenvalue weighted by atomic mass is 10.0. The highest BCUT2D eigenvalue weighted by atomic mass is 16.6. The van der Waals surface area contributed by atoms with Crippen molar-refractivity contribution in [3.8, 4) is 0 Å². The fraction of sp³-hybridized carbons (Fsp3) is 0.700. The molecule has 72 valence electrons.